The Morgan fingerprint density at radius 1 is 1.27 bits per heavy atom. The molecule has 0 aliphatic carbocycles. The van der Waals surface area contributed by atoms with E-state index in [1.54, 1.807) is 6.07 Å². The van der Waals surface area contributed by atoms with Gasteiger partial charge in [-0.2, -0.15) is 0 Å². The summed E-state index contributed by atoms with van der Waals surface area (Å²) < 4.78 is 11.0. The van der Waals surface area contributed by atoms with E-state index in [0.29, 0.717) is 24.7 Å². The van der Waals surface area contributed by atoms with Gasteiger partial charge in [-0.05, 0) is 31.9 Å². The largest absolute Gasteiger partial charge is 0.490 e. The zero-order valence-corrected chi connectivity index (χ0v) is 14.5. The van der Waals surface area contributed by atoms with Gasteiger partial charge in [-0.15, -0.1) is 12.4 Å². The molecule has 0 spiro atoms. The highest BCUT2D eigenvalue weighted by molar-refractivity contribution is 5.85. The van der Waals surface area contributed by atoms with Gasteiger partial charge in [-0.1, -0.05) is 26.0 Å². The van der Waals surface area contributed by atoms with Gasteiger partial charge < -0.3 is 20.5 Å². The van der Waals surface area contributed by atoms with Crippen LogP contribution in [0.3, 0.4) is 0 Å². The fourth-order valence-electron chi connectivity index (χ4n) is 1.77. The summed E-state index contributed by atoms with van der Waals surface area (Å²) in [6.07, 6.45) is 0. The van der Waals surface area contributed by atoms with Crippen LogP contribution >= 0.6 is 12.4 Å². The average Bonchev–Trinajstić information content (AvgIpc) is 2.46. The summed E-state index contributed by atoms with van der Waals surface area (Å²) in [6.45, 7) is 8.75. The van der Waals surface area contributed by atoms with E-state index in [4.69, 9.17) is 15.2 Å². The lowest BCUT2D eigenvalue weighted by Crippen LogP contribution is -2.56. The second-order valence-corrected chi connectivity index (χ2v) is 5.49. The highest BCUT2D eigenvalue weighted by Gasteiger charge is 2.28. The topological polar surface area (TPSA) is 73.6 Å². The Balaban J connectivity index is 0.00000441. The molecule has 0 heterocycles. The predicted molar refractivity (Wildman–Crippen MR) is 90.8 cm³/mol. The number of hydrogen-bond donors (Lipinski definition) is 2. The molecule has 3 N–H and O–H groups in total. The van der Waals surface area contributed by atoms with E-state index >= 15 is 0 Å². The molecule has 1 amide bonds. The normalized spacial score (nSPS) is 13.0. The summed E-state index contributed by atoms with van der Waals surface area (Å²) >= 11 is 0. The van der Waals surface area contributed by atoms with Crippen molar-refractivity contribution in [2.45, 2.75) is 33.2 Å². The Morgan fingerprint density at radius 3 is 2.27 bits per heavy atom. The number of para-hydroxylation sites is 2. The van der Waals surface area contributed by atoms with E-state index in [1.165, 1.54) is 0 Å². The molecule has 0 radical (unpaired) electrons. The van der Waals surface area contributed by atoms with E-state index < -0.39 is 5.54 Å². The molecule has 5 nitrogen and oxygen atoms in total. The van der Waals surface area contributed by atoms with Crippen LogP contribution in [0.4, 0.5) is 0 Å². The summed E-state index contributed by atoms with van der Waals surface area (Å²) in [4.78, 5) is 12.0. The summed E-state index contributed by atoms with van der Waals surface area (Å²) in [7, 11) is 0. The second kappa shape index (κ2) is 9.54. The molecular weight excluding hydrogens is 304 g/mol. The number of hydrogen-bond acceptors (Lipinski definition) is 4. The number of ether oxygens (including phenoxy) is 2. The molecule has 0 fully saturated rings. The molecular formula is C16H27ClN2O3. The van der Waals surface area contributed by atoms with Gasteiger partial charge in [-0.25, -0.2) is 0 Å². The zero-order valence-electron chi connectivity index (χ0n) is 13.7. The maximum absolute atomic E-state index is 12.0. The molecule has 1 aromatic rings. The molecule has 0 aromatic heterocycles. The van der Waals surface area contributed by atoms with Gasteiger partial charge in [0.15, 0.2) is 18.1 Å². The average molecular weight is 331 g/mol. The van der Waals surface area contributed by atoms with Gasteiger partial charge in [0.25, 0.3) is 5.91 Å². The van der Waals surface area contributed by atoms with E-state index in [9.17, 15) is 4.79 Å². The van der Waals surface area contributed by atoms with Crippen LogP contribution in [0.2, 0.25) is 0 Å². The Kier molecular flexibility index (Phi) is 8.90. The zero-order chi connectivity index (χ0) is 15.9. The number of rotatable bonds is 8. The van der Waals surface area contributed by atoms with Gasteiger partial charge in [0, 0.05) is 6.54 Å². The van der Waals surface area contributed by atoms with Crippen LogP contribution in [-0.4, -0.2) is 31.2 Å². The molecule has 1 atom stereocenters. The van der Waals surface area contributed by atoms with Crippen LogP contribution in [-0.2, 0) is 4.79 Å². The number of carbonyl (C=O) groups excluding carboxylic acids is 1. The fourth-order valence-corrected chi connectivity index (χ4v) is 1.77. The molecule has 6 heteroatoms. The van der Waals surface area contributed by atoms with Crippen LogP contribution in [0.1, 0.15) is 27.7 Å². The molecule has 126 valence electrons. The molecule has 0 bridgehead atoms. The van der Waals surface area contributed by atoms with Crippen LogP contribution in [0.25, 0.3) is 0 Å². The van der Waals surface area contributed by atoms with Crippen molar-refractivity contribution >= 4 is 18.3 Å². The Hall–Kier alpha value is -1.46. The lowest BCUT2D eigenvalue weighted by Gasteiger charge is -2.33. The summed E-state index contributed by atoms with van der Waals surface area (Å²) in [5.41, 5.74) is 5.32. The minimum atomic E-state index is -0.431. The maximum atomic E-state index is 12.0. The van der Waals surface area contributed by atoms with E-state index in [0.717, 1.165) is 0 Å². The first kappa shape index (κ1) is 20.5. The number of halogens is 1. The molecule has 1 unspecified atom stereocenters. The first-order valence-corrected chi connectivity index (χ1v) is 7.28. The molecule has 0 saturated carbocycles. The summed E-state index contributed by atoms with van der Waals surface area (Å²) in [5.74, 6) is 1.25. The minimum absolute atomic E-state index is 0. The third-order valence-electron chi connectivity index (χ3n) is 3.63. The monoisotopic (exact) mass is 330 g/mol. The van der Waals surface area contributed by atoms with Crippen molar-refractivity contribution in [1.29, 1.82) is 0 Å². The van der Waals surface area contributed by atoms with E-state index in [-0.39, 0.29) is 30.8 Å². The van der Waals surface area contributed by atoms with Crippen molar-refractivity contribution in [2.24, 2.45) is 11.7 Å². The van der Waals surface area contributed by atoms with Crippen LogP contribution in [0, 0.1) is 5.92 Å². The van der Waals surface area contributed by atoms with Gasteiger partial charge in [0.1, 0.15) is 0 Å². The predicted octanol–water partition coefficient (Wildman–Crippen LogP) is 2.38. The van der Waals surface area contributed by atoms with Gasteiger partial charge >= 0.3 is 0 Å². The smallest absolute Gasteiger partial charge is 0.258 e. The molecule has 1 rings (SSSR count). The maximum Gasteiger partial charge on any atom is 0.258 e. The summed E-state index contributed by atoms with van der Waals surface area (Å²) in [6, 6.07) is 7.30. The molecule has 0 aliphatic rings. The molecule has 22 heavy (non-hydrogen) atoms. The van der Waals surface area contributed by atoms with Gasteiger partial charge in [0.05, 0.1) is 12.1 Å². The minimum Gasteiger partial charge on any atom is -0.490 e. The first-order chi connectivity index (χ1) is 9.92. The fraction of sp³-hybridized carbons (Fsp3) is 0.562. The quantitative estimate of drug-likeness (QED) is 0.767. The van der Waals surface area contributed by atoms with Crippen molar-refractivity contribution in [3.8, 4) is 11.5 Å². The van der Waals surface area contributed by atoms with Crippen molar-refractivity contribution < 1.29 is 14.3 Å². The van der Waals surface area contributed by atoms with Crippen molar-refractivity contribution in [3.63, 3.8) is 0 Å². The lowest BCUT2D eigenvalue weighted by atomic mass is 9.88. The van der Waals surface area contributed by atoms with Gasteiger partial charge in [0.2, 0.25) is 0 Å². The van der Waals surface area contributed by atoms with E-state index in [1.807, 2.05) is 45.9 Å². The standard InChI is InChI=1S/C16H26N2O3.ClH/c1-5-20-13-8-6-7-9-14(13)21-10-15(19)18-16(4,11-17)12(2)3;/h6-9,12H,5,10-11,17H2,1-4H3,(H,18,19);1H. The number of carbonyl (C=O) groups is 1. The van der Waals surface area contributed by atoms with Crippen molar-refractivity contribution in [1.82, 2.24) is 5.32 Å². The summed E-state index contributed by atoms with van der Waals surface area (Å²) in [5, 5.41) is 2.93. The third-order valence-corrected chi connectivity index (χ3v) is 3.63. The number of amides is 1. The van der Waals surface area contributed by atoms with Crippen LogP contribution in [0.5, 0.6) is 11.5 Å². The molecule has 1 aromatic carbocycles. The third kappa shape index (κ3) is 5.73. The SMILES string of the molecule is CCOc1ccccc1OCC(=O)NC(C)(CN)C(C)C.Cl. The highest BCUT2D eigenvalue weighted by Crippen LogP contribution is 2.26. The van der Waals surface area contributed by atoms with Crippen LogP contribution < -0.4 is 20.5 Å². The van der Waals surface area contributed by atoms with Crippen molar-refractivity contribution in [3.05, 3.63) is 24.3 Å². The van der Waals surface area contributed by atoms with Crippen LogP contribution in [0.15, 0.2) is 24.3 Å². The molecule has 0 aliphatic heterocycles. The first-order valence-electron chi connectivity index (χ1n) is 7.28. The molecule has 0 saturated heterocycles. The Morgan fingerprint density at radius 2 is 1.82 bits per heavy atom. The highest BCUT2D eigenvalue weighted by atomic mass is 35.5. The number of nitrogens with two attached hydrogens (primary N) is 1. The number of nitrogens with one attached hydrogen (secondary N) is 1. The lowest BCUT2D eigenvalue weighted by molar-refractivity contribution is -0.125. The van der Waals surface area contributed by atoms with E-state index in [2.05, 4.69) is 5.32 Å². The van der Waals surface area contributed by atoms with Gasteiger partial charge in [-0.3, -0.25) is 4.79 Å². The Bertz CT molecular complexity index is 468. The van der Waals surface area contributed by atoms with Crippen molar-refractivity contribution in [2.75, 3.05) is 19.8 Å². The number of benzene rings is 1. The second-order valence-electron chi connectivity index (χ2n) is 5.49. The Labute approximate surface area is 139 Å².